The fraction of sp³-hybridized carbons (Fsp3) is 0.562. The zero-order chi connectivity index (χ0) is 14.7. The molecule has 0 radical (unpaired) electrons. The Morgan fingerprint density at radius 2 is 1.86 bits per heavy atom. The molecule has 3 rings (SSSR count). The van der Waals surface area contributed by atoms with Crippen LogP contribution in [-0.4, -0.2) is 38.2 Å². The molecule has 0 bridgehead atoms. The standard InChI is InChI=1S/C16H23N5/c1-13(2)16-17-18-19-21(16)15-8-10-20(11-9-15)12-14-6-4-3-5-7-14/h3-7,13,15H,8-12H2,1-2H3. The van der Waals surface area contributed by atoms with Crippen LogP contribution >= 0.6 is 0 Å². The smallest absolute Gasteiger partial charge is 0.154 e. The zero-order valence-corrected chi connectivity index (χ0v) is 12.8. The number of hydrogen-bond donors (Lipinski definition) is 0. The molecule has 0 unspecified atom stereocenters. The molecule has 1 saturated heterocycles. The SMILES string of the molecule is CC(C)c1nnnn1C1CCN(Cc2ccccc2)CC1. The van der Waals surface area contributed by atoms with Gasteiger partial charge in [-0.05, 0) is 28.8 Å². The minimum Gasteiger partial charge on any atom is -0.299 e. The second-order valence-electron chi connectivity index (χ2n) is 6.13. The summed E-state index contributed by atoms with van der Waals surface area (Å²) in [7, 11) is 0. The molecule has 112 valence electrons. The van der Waals surface area contributed by atoms with Crippen molar-refractivity contribution < 1.29 is 0 Å². The number of rotatable bonds is 4. The van der Waals surface area contributed by atoms with Crippen molar-refractivity contribution in [2.45, 2.75) is 45.2 Å². The zero-order valence-electron chi connectivity index (χ0n) is 12.8. The first-order chi connectivity index (χ1) is 10.2. The lowest BCUT2D eigenvalue weighted by Gasteiger charge is -2.32. The number of piperidine rings is 1. The first kappa shape index (κ1) is 14.2. The van der Waals surface area contributed by atoms with Crippen molar-refractivity contribution in [3.05, 3.63) is 41.7 Å². The van der Waals surface area contributed by atoms with Crippen LogP contribution in [0, 0.1) is 0 Å². The molecule has 1 aliphatic rings. The third-order valence-electron chi connectivity index (χ3n) is 4.19. The van der Waals surface area contributed by atoms with Crippen LogP contribution in [0.4, 0.5) is 0 Å². The number of nitrogens with zero attached hydrogens (tertiary/aromatic N) is 5. The van der Waals surface area contributed by atoms with E-state index in [9.17, 15) is 0 Å². The summed E-state index contributed by atoms with van der Waals surface area (Å²) in [5, 5.41) is 12.2. The van der Waals surface area contributed by atoms with Gasteiger partial charge in [-0.3, -0.25) is 4.90 Å². The number of hydrogen-bond acceptors (Lipinski definition) is 4. The second kappa shape index (κ2) is 6.35. The molecule has 1 fully saturated rings. The van der Waals surface area contributed by atoms with Crippen LogP contribution in [0.1, 0.15) is 50.0 Å². The highest BCUT2D eigenvalue weighted by Crippen LogP contribution is 2.25. The Morgan fingerprint density at radius 3 is 2.52 bits per heavy atom. The summed E-state index contributed by atoms with van der Waals surface area (Å²) in [5.74, 6) is 1.39. The van der Waals surface area contributed by atoms with E-state index in [0.717, 1.165) is 38.3 Å². The van der Waals surface area contributed by atoms with Gasteiger partial charge in [-0.25, -0.2) is 4.68 Å². The quantitative estimate of drug-likeness (QED) is 0.866. The highest BCUT2D eigenvalue weighted by molar-refractivity contribution is 5.14. The molecule has 5 heteroatoms. The van der Waals surface area contributed by atoms with Gasteiger partial charge in [0.05, 0.1) is 6.04 Å². The van der Waals surface area contributed by atoms with Gasteiger partial charge in [0.25, 0.3) is 0 Å². The van der Waals surface area contributed by atoms with Crippen molar-refractivity contribution in [3.63, 3.8) is 0 Å². The van der Waals surface area contributed by atoms with Crippen LogP contribution < -0.4 is 0 Å². The van der Waals surface area contributed by atoms with Crippen molar-refractivity contribution in [1.82, 2.24) is 25.1 Å². The summed E-state index contributed by atoms with van der Waals surface area (Å²) in [6, 6.07) is 11.1. The van der Waals surface area contributed by atoms with Crippen molar-refractivity contribution >= 4 is 0 Å². The Balaban J connectivity index is 1.59. The van der Waals surface area contributed by atoms with Crippen LogP contribution in [0.15, 0.2) is 30.3 Å². The van der Waals surface area contributed by atoms with E-state index in [1.54, 1.807) is 0 Å². The Bertz CT molecular complexity index is 555. The van der Waals surface area contributed by atoms with Crippen molar-refractivity contribution in [1.29, 1.82) is 0 Å². The molecule has 0 aliphatic carbocycles. The number of benzene rings is 1. The van der Waals surface area contributed by atoms with Crippen LogP contribution in [0.25, 0.3) is 0 Å². The lowest BCUT2D eigenvalue weighted by molar-refractivity contribution is 0.170. The summed E-state index contributed by atoms with van der Waals surface area (Å²) in [4.78, 5) is 2.52. The second-order valence-corrected chi connectivity index (χ2v) is 6.13. The lowest BCUT2D eigenvalue weighted by Crippen LogP contribution is -2.35. The van der Waals surface area contributed by atoms with E-state index in [4.69, 9.17) is 0 Å². The molecule has 1 aliphatic heterocycles. The van der Waals surface area contributed by atoms with Crippen LogP contribution in [0.5, 0.6) is 0 Å². The van der Waals surface area contributed by atoms with E-state index in [0.29, 0.717) is 12.0 Å². The normalized spacial score (nSPS) is 17.5. The van der Waals surface area contributed by atoms with E-state index in [1.807, 2.05) is 4.68 Å². The maximum Gasteiger partial charge on any atom is 0.154 e. The molecular weight excluding hydrogens is 262 g/mol. The molecule has 1 aromatic heterocycles. The van der Waals surface area contributed by atoms with E-state index in [-0.39, 0.29) is 0 Å². The monoisotopic (exact) mass is 285 g/mol. The Kier molecular flexibility index (Phi) is 4.29. The highest BCUT2D eigenvalue weighted by atomic mass is 15.6. The molecule has 21 heavy (non-hydrogen) atoms. The summed E-state index contributed by atoms with van der Waals surface area (Å²) in [6.45, 7) is 7.55. The predicted octanol–water partition coefficient (Wildman–Crippen LogP) is 2.63. The number of aromatic nitrogens is 4. The minimum atomic E-state index is 0.377. The fourth-order valence-corrected chi connectivity index (χ4v) is 3.00. The van der Waals surface area contributed by atoms with Gasteiger partial charge in [0.2, 0.25) is 0 Å². The first-order valence-corrected chi connectivity index (χ1v) is 7.78. The van der Waals surface area contributed by atoms with Crippen molar-refractivity contribution in [2.24, 2.45) is 0 Å². The van der Waals surface area contributed by atoms with Crippen molar-refractivity contribution in [3.8, 4) is 0 Å². The van der Waals surface area contributed by atoms with Crippen LogP contribution in [0.2, 0.25) is 0 Å². The maximum absolute atomic E-state index is 4.21. The van der Waals surface area contributed by atoms with Gasteiger partial charge in [0, 0.05) is 25.6 Å². The summed E-state index contributed by atoms with van der Waals surface area (Å²) >= 11 is 0. The third-order valence-corrected chi connectivity index (χ3v) is 4.19. The molecule has 0 amide bonds. The molecule has 5 nitrogen and oxygen atoms in total. The highest BCUT2D eigenvalue weighted by Gasteiger charge is 2.24. The molecule has 0 N–H and O–H groups in total. The average Bonchev–Trinajstić information content (AvgIpc) is 2.99. The summed E-state index contributed by atoms with van der Waals surface area (Å²) in [5.41, 5.74) is 1.39. The van der Waals surface area contributed by atoms with Gasteiger partial charge in [-0.1, -0.05) is 44.2 Å². The van der Waals surface area contributed by atoms with E-state index >= 15 is 0 Å². The van der Waals surface area contributed by atoms with Crippen LogP contribution in [-0.2, 0) is 6.54 Å². The lowest BCUT2D eigenvalue weighted by atomic mass is 10.0. The third kappa shape index (κ3) is 3.29. The van der Waals surface area contributed by atoms with E-state index in [1.165, 1.54) is 5.56 Å². The Morgan fingerprint density at radius 1 is 1.14 bits per heavy atom. The molecule has 0 saturated carbocycles. The summed E-state index contributed by atoms with van der Waals surface area (Å²) < 4.78 is 2.05. The molecular formula is C16H23N5. The van der Waals surface area contributed by atoms with Crippen LogP contribution in [0.3, 0.4) is 0 Å². The van der Waals surface area contributed by atoms with Gasteiger partial charge in [0.15, 0.2) is 5.82 Å². The number of likely N-dealkylation sites (tertiary alicyclic amines) is 1. The van der Waals surface area contributed by atoms with Gasteiger partial charge in [0.1, 0.15) is 0 Å². The molecule has 2 aromatic rings. The van der Waals surface area contributed by atoms with Gasteiger partial charge >= 0.3 is 0 Å². The topological polar surface area (TPSA) is 46.8 Å². The fourth-order valence-electron chi connectivity index (χ4n) is 3.00. The van der Waals surface area contributed by atoms with Gasteiger partial charge in [-0.2, -0.15) is 0 Å². The van der Waals surface area contributed by atoms with E-state index in [2.05, 4.69) is 64.6 Å². The molecule has 0 spiro atoms. The molecule has 1 aromatic carbocycles. The average molecular weight is 285 g/mol. The Hall–Kier alpha value is -1.75. The molecule has 2 heterocycles. The van der Waals surface area contributed by atoms with Gasteiger partial charge in [-0.15, -0.1) is 5.10 Å². The predicted molar refractivity (Wildman–Crippen MR) is 81.9 cm³/mol. The van der Waals surface area contributed by atoms with E-state index < -0.39 is 0 Å². The maximum atomic E-state index is 4.21. The number of tetrazole rings is 1. The van der Waals surface area contributed by atoms with Gasteiger partial charge < -0.3 is 0 Å². The first-order valence-electron chi connectivity index (χ1n) is 7.78. The minimum absolute atomic E-state index is 0.377. The summed E-state index contributed by atoms with van der Waals surface area (Å²) in [6.07, 6.45) is 2.25. The Labute approximate surface area is 126 Å². The largest absolute Gasteiger partial charge is 0.299 e. The van der Waals surface area contributed by atoms with Crippen molar-refractivity contribution in [2.75, 3.05) is 13.1 Å². The molecule has 0 atom stereocenters.